The van der Waals surface area contributed by atoms with E-state index in [1.165, 1.54) is 6.07 Å². The zero-order valence-electron chi connectivity index (χ0n) is 10.6. The molecule has 0 fully saturated rings. The fraction of sp³-hybridized carbons (Fsp3) is 0.0667. The molecule has 0 radical (unpaired) electrons. The second kappa shape index (κ2) is 6.33. The summed E-state index contributed by atoms with van der Waals surface area (Å²) in [5.74, 6) is -3.24. The molecule has 3 nitrogen and oxygen atoms in total. The molecular formula is C15H9ClF2N2O. The number of benzene rings is 2. The SMILES string of the molecule is N#CC(NC(=O)c1cccc(F)c1F)c1ccc(Cl)cc1. The molecule has 1 unspecified atom stereocenters. The van der Waals surface area contributed by atoms with Crippen LogP contribution in [0.5, 0.6) is 0 Å². The lowest BCUT2D eigenvalue weighted by Crippen LogP contribution is -2.28. The molecule has 0 saturated carbocycles. The summed E-state index contributed by atoms with van der Waals surface area (Å²) >= 11 is 5.74. The van der Waals surface area contributed by atoms with Crippen LogP contribution >= 0.6 is 11.6 Å². The van der Waals surface area contributed by atoms with Crippen molar-refractivity contribution in [2.45, 2.75) is 6.04 Å². The average Bonchev–Trinajstić information content (AvgIpc) is 2.48. The Hall–Kier alpha value is -2.45. The molecule has 2 aromatic carbocycles. The van der Waals surface area contributed by atoms with Crippen molar-refractivity contribution in [2.75, 3.05) is 0 Å². The number of hydrogen-bond acceptors (Lipinski definition) is 2. The molecule has 0 spiro atoms. The molecule has 0 saturated heterocycles. The molecule has 0 aliphatic carbocycles. The van der Waals surface area contributed by atoms with E-state index in [1.807, 2.05) is 6.07 Å². The molecule has 1 amide bonds. The topological polar surface area (TPSA) is 52.9 Å². The summed E-state index contributed by atoms with van der Waals surface area (Å²) in [5.41, 5.74) is 0.0382. The zero-order valence-corrected chi connectivity index (χ0v) is 11.4. The molecular weight excluding hydrogens is 298 g/mol. The van der Waals surface area contributed by atoms with Gasteiger partial charge < -0.3 is 5.32 Å². The van der Waals surface area contributed by atoms with E-state index in [0.717, 1.165) is 12.1 Å². The Morgan fingerprint density at radius 1 is 1.19 bits per heavy atom. The smallest absolute Gasteiger partial charge is 0.255 e. The van der Waals surface area contributed by atoms with Crippen LogP contribution in [0.15, 0.2) is 42.5 Å². The maximum Gasteiger partial charge on any atom is 0.255 e. The van der Waals surface area contributed by atoms with Crippen LogP contribution in [0, 0.1) is 23.0 Å². The highest BCUT2D eigenvalue weighted by atomic mass is 35.5. The van der Waals surface area contributed by atoms with Gasteiger partial charge in [-0.05, 0) is 29.8 Å². The quantitative estimate of drug-likeness (QED) is 0.941. The van der Waals surface area contributed by atoms with Crippen molar-refractivity contribution in [1.29, 1.82) is 5.26 Å². The minimum Gasteiger partial charge on any atom is -0.332 e. The van der Waals surface area contributed by atoms with Gasteiger partial charge in [0.05, 0.1) is 11.6 Å². The number of hydrogen-bond donors (Lipinski definition) is 1. The summed E-state index contributed by atoms with van der Waals surface area (Å²) < 4.78 is 26.6. The Morgan fingerprint density at radius 3 is 2.48 bits per heavy atom. The van der Waals surface area contributed by atoms with Gasteiger partial charge in [0, 0.05) is 5.02 Å². The summed E-state index contributed by atoms with van der Waals surface area (Å²) in [7, 11) is 0. The molecule has 106 valence electrons. The summed E-state index contributed by atoms with van der Waals surface area (Å²) in [6.45, 7) is 0. The van der Waals surface area contributed by atoms with Gasteiger partial charge in [0.2, 0.25) is 0 Å². The van der Waals surface area contributed by atoms with E-state index in [2.05, 4.69) is 5.32 Å². The number of nitrogens with zero attached hydrogens (tertiary/aromatic N) is 1. The van der Waals surface area contributed by atoms with Crippen LogP contribution < -0.4 is 5.32 Å². The van der Waals surface area contributed by atoms with Crippen LogP contribution in [0.2, 0.25) is 5.02 Å². The lowest BCUT2D eigenvalue weighted by Gasteiger charge is -2.12. The molecule has 0 bridgehead atoms. The Morgan fingerprint density at radius 2 is 1.86 bits per heavy atom. The summed E-state index contributed by atoms with van der Waals surface area (Å²) in [6, 6.07) is 10.4. The van der Waals surface area contributed by atoms with Crippen molar-refractivity contribution in [3.05, 3.63) is 70.2 Å². The molecule has 1 N–H and O–H groups in total. The van der Waals surface area contributed by atoms with Gasteiger partial charge in [-0.1, -0.05) is 29.8 Å². The molecule has 0 aliphatic heterocycles. The third-order valence-electron chi connectivity index (χ3n) is 2.80. The molecule has 1 atom stereocenters. The Bertz CT molecular complexity index is 711. The van der Waals surface area contributed by atoms with E-state index >= 15 is 0 Å². The van der Waals surface area contributed by atoms with Gasteiger partial charge in [0.25, 0.3) is 5.91 Å². The van der Waals surface area contributed by atoms with Crippen molar-refractivity contribution >= 4 is 17.5 Å². The summed E-state index contributed by atoms with van der Waals surface area (Å²) in [4.78, 5) is 11.9. The van der Waals surface area contributed by atoms with Crippen LogP contribution in [-0.2, 0) is 0 Å². The number of carbonyl (C=O) groups excluding carboxylic acids is 1. The van der Waals surface area contributed by atoms with Crippen LogP contribution in [-0.4, -0.2) is 5.91 Å². The first kappa shape index (κ1) is 14.9. The minimum absolute atomic E-state index is 0.454. The molecule has 6 heteroatoms. The monoisotopic (exact) mass is 306 g/mol. The molecule has 0 heterocycles. The first-order chi connectivity index (χ1) is 10.0. The minimum atomic E-state index is -1.25. The maximum atomic E-state index is 13.5. The lowest BCUT2D eigenvalue weighted by molar-refractivity contribution is 0.0940. The van der Waals surface area contributed by atoms with E-state index in [9.17, 15) is 13.6 Å². The second-order valence-electron chi connectivity index (χ2n) is 4.19. The highest BCUT2D eigenvalue weighted by Crippen LogP contribution is 2.18. The number of nitriles is 1. The predicted molar refractivity (Wildman–Crippen MR) is 73.6 cm³/mol. The van der Waals surface area contributed by atoms with Crippen LogP contribution in [0.3, 0.4) is 0 Å². The first-order valence-corrected chi connectivity index (χ1v) is 6.30. The first-order valence-electron chi connectivity index (χ1n) is 5.93. The van der Waals surface area contributed by atoms with Gasteiger partial charge in [0.1, 0.15) is 6.04 Å². The van der Waals surface area contributed by atoms with E-state index in [1.54, 1.807) is 24.3 Å². The fourth-order valence-electron chi connectivity index (χ4n) is 1.73. The van der Waals surface area contributed by atoms with Crippen molar-refractivity contribution in [3.8, 4) is 6.07 Å². The normalized spacial score (nSPS) is 11.5. The third-order valence-corrected chi connectivity index (χ3v) is 3.06. The number of amides is 1. The number of rotatable bonds is 3. The van der Waals surface area contributed by atoms with E-state index < -0.39 is 29.1 Å². The molecule has 21 heavy (non-hydrogen) atoms. The van der Waals surface area contributed by atoms with Crippen molar-refractivity contribution in [3.63, 3.8) is 0 Å². The van der Waals surface area contributed by atoms with Gasteiger partial charge >= 0.3 is 0 Å². The largest absolute Gasteiger partial charge is 0.332 e. The number of halogens is 3. The third kappa shape index (κ3) is 3.36. The lowest BCUT2D eigenvalue weighted by atomic mass is 10.1. The zero-order chi connectivity index (χ0) is 15.4. The van der Waals surface area contributed by atoms with Gasteiger partial charge in [-0.3, -0.25) is 4.79 Å². The molecule has 0 aliphatic rings. The highest BCUT2D eigenvalue weighted by Gasteiger charge is 2.19. The molecule has 2 rings (SSSR count). The van der Waals surface area contributed by atoms with Gasteiger partial charge in [0.15, 0.2) is 11.6 Å². The van der Waals surface area contributed by atoms with E-state index in [-0.39, 0.29) is 0 Å². The van der Waals surface area contributed by atoms with Crippen LogP contribution in [0.4, 0.5) is 8.78 Å². The fourth-order valence-corrected chi connectivity index (χ4v) is 1.86. The standard InChI is InChI=1S/C15H9ClF2N2O/c16-10-6-4-9(5-7-10)13(8-19)20-15(21)11-2-1-3-12(17)14(11)18/h1-7,13H,(H,20,21). The Kier molecular flexibility index (Phi) is 4.51. The Balaban J connectivity index is 2.23. The van der Waals surface area contributed by atoms with E-state index in [4.69, 9.17) is 16.9 Å². The van der Waals surface area contributed by atoms with Gasteiger partial charge in [-0.25, -0.2) is 8.78 Å². The molecule has 2 aromatic rings. The summed E-state index contributed by atoms with van der Waals surface area (Å²) in [5, 5.41) is 11.9. The van der Waals surface area contributed by atoms with Crippen molar-refractivity contribution in [2.24, 2.45) is 0 Å². The Labute approximate surface area is 124 Å². The maximum absolute atomic E-state index is 13.5. The highest BCUT2D eigenvalue weighted by molar-refractivity contribution is 6.30. The van der Waals surface area contributed by atoms with Gasteiger partial charge in [-0.15, -0.1) is 0 Å². The average molecular weight is 307 g/mol. The van der Waals surface area contributed by atoms with Crippen LogP contribution in [0.25, 0.3) is 0 Å². The van der Waals surface area contributed by atoms with E-state index in [0.29, 0.717) is 10.6 Å². The number of carbonyl (C=O) groups is 1. The summed E-state index contributed by atoms with van der Waals surface area (Å²) in [6.07, 6.45) is 0. The van der Waals surface area contributed by atoms with Crippen molar-refractivity contribution in [1.82, 2.24) is 5.32 Å². The second-order valence-corrected chi connectivity index (χ2v) is 4.62. The molecule has 0 aromatic heterocycles. The van der Waals surface area contributed by atoms with Crippen molar-refractivity contribution < 1.29 is 13.6 Å². The number of nitrogens with one attached hydrogen (secondary N) is 1. The van der Waals surface area contributed by atoms with Gasteiger partial charge in [-0.2, -0.15) is 5.26 Å². The predicted octanol–water partition coefficient (Wildman–Crippen LogP) is 3.61. The van der Waals surface area contributed by atoms with Crippen LogP contribution in [0.1, 0.15) is 22.0 Å².